The van der Waals surface area contributed by atoms with E-state index in [2.05, 4.69) is 39.7 Å². The van der Waals surface area contributed by atoms with Crippen LogP contribution in [0.4, 0.5) is 5.69 Å². The number of amides is 1. The molecule has 1 aromatic heterocycles. The summed E-state index contributed by atoms with van der Waals surface area (Å²) in [5.41, 5.74) is 2.49. The highest BCUT2D eigenvalue weighted by Crippen LogP contribution is 2.23. The maximum absolute atomic E-state index is 12.6. The van der Waals surface area contributed by atoms with Crippen molar-refractivity contribution in [3.63, 3.8) is 0 Å². The Hall–Kier alpha value is -2.22. The molecule has 1 aromatic carbocycles. The molecule has 150 valence electrons. The quantitative estimate of drug-likeness (QED) is 0.830. The molecule has 0 bridgehead atoms. The molecule has 2 fully saturated rings. The van der Waals surface area contributed by atoms with Crippen LogP contribution in [-0.2, 0) is 4.74 Å². The van der Waals surface area contributed by atoms with E-state index in [1.165, 1.54) is 5.56 Å². The molecule has 2 saturated heterocycles. The maximum atomic E-state index is 12.6. The van der Waals surface area contributed by atoms with Crippen molar-refractivity contribution in [2.45, 2.75) is 31.8 Å². The third-order valence-electron chi connectivity index (χ3n) is 5.73. The van der Waals surface area contributed by atoms with Gasteiger partial charge in [-0.05, 0) is 50.1 Å². The van der Waals surface area contributed by atoms with Crippen LogP contribution < -0.4 is 10.6 Å². The Morgan fingerprint density at radius 2 is 2.04 bits per heavy atom. The zero-order valence-corrected chi connectivity index (χ0v) is 16.4. The van der Waals surface area contributed by atoms with Crippen LogP contribution in [0.3, 0.4) is 0 Å². The van der Waals surface area contributed by atoms with Crippen molar-refractivity contribution in [1.82, 2.24) is 20.0 Å². The largest absolute Gasteiger partial charge is 0.379 e. The summed E-state index contributed by atoms with van der Waals surface area (Å²) in [4.78, 5) is 15.0. The molecule has 2 atom stereocenters. The number of morpholine rings is 1. The lowest BCUT2D eigenvalue weighted by atomic mass is 10.1. The van der Waals surface area contributed by atoms with E-state index in [9.17, 15) is 4.79 Å². The van der Waals surface area contributed by atoms with Crippen LogP contribution in [0.25, 0.3) is 0 Å². The summed E-state index contributed by atoms with van der Waals surface area (Å²) in [6, 6.07) is 10.6. The van der Waals surface area contributed by atoms with Gasteiger partial charge in [0.1, 0.15) is 0 Å². The van der Waals surface area contributed by atoms with Crippen molar-refractivity contribution in [3.8, 4) is 0 Å². The standard InChI is InChI=1S/C21H29N5O2/c1-16(25-11-13-28-14-12-25)17-4-6-18(7-5-17)23-21(27)20-8-10-26(24-20)19-3-2-9-22-15-19/h4-8,10,16,19,22H,2-3,9,11-15H2,1H3,(H,23,27). The Morgan fingerprint density at radius 3 is 2.75 bits per heavy atom. The van der Waals surface area contributed by atoms with Gasteiger partial charge in [-0.25, -0.2) is 0 Å². The van der Waals surface area contributed by atoms with Crippen LogP contribution in [0.5, 0.6) is 0 Å². The number of carbonyl (C=O) groups is 1. The molecule has 2 N–H and O–H groups in total. The lowest BCUT2D eigenvalue weighted by Crippen LogP contribution is -2.37. The molecule has 28 heavy (non-hydrogen) atoms. The van der Waals surface area contributed by atoms with Gasteiger partial charge in [0.25, 0.3) is 5.91 Å². The van der Waals surface area contributed by atoms with E-state index in [4.69, 9.17) is 4.74 Å². The summed E-state index contributed by atoms with van der Waals surface area (Å²) >= 11 is 0. The average molecular weight is 383 g/mol. The Labute approximate surface area is 166 Å². The fraction of sp³-hybridized carbons (Fsp3) is 0.524. The van der Waals surface area contributed by atoms with Gasteiger partial charge in [0, 0.05) is 37.6 Å². The summed E-state index contributed by atoms with van der Waals surface area (Å²) in [6.45, 7) is 7.68. The highest BCUT2D eigenvalue weighted by Gasteiger charge is 2.19. The maximum Gasteiger partial charge on any atom is 0.276 e. The van der Waals surface area contributed by atoms with Crippen molar-refractivity contribution in [3.05, 3.63) is 47.8 Å². The van der Waals surface area contributed by atoms with Gasteiger partial charge >= 0.3 is 0 Å². The monoisotopic (exact) mass is 383 g/mol. The second kappa shape index (κ2) is 8.86. The number of nitrogens with zero attached hydrogens (tertiary/aromatic N) is 3. The molecule has 7 nitrogen and oxygen atoms in total. The van der Waals surface area contributed by atoms with E-state index < -0.39 is 0 Å². The van der Waals surface area contributed by atoms with Gasteiger partial charge in [0.15, 0.2) is 5.69 Å². The van der Waals surface area contributed by atoms with Gasteiger partial charge in [-0.3, -0.25) is 14.4 Å². The zero-order chi connectivity index (χ0) is 19.3. The summed E-state index contributed by atoms with van der Waals surface area (Å²) in [7, 11) is 0. The molecular weight excluding hydrogens is 354 g/mol. The number of piperidine rings is 1. The molecule has 0 saturated carbocycles. The van der Waals surface area contributed by atoms with Gasteiger partial charge in [-0.2, -0.15) is 5.10 Å². The number of anilines is 1. The number of carbonyl (C=O) groups excluding carboxylic acids is 1. The number of aromatic nitrogens is 2. The molecular formula is C21H29N5O2. The van der Waals surface area contributed by atoms with E-state index in [-0.39, 0.29) is 5.91 Å². The fourth-order valence-corrected chi connectivity index (χ4v) is 3.94. The Kier molecular flexibility index (Phi) is 6.04. The third-order valence-corrected chi connectivity index (χ3v) is 5.73. The van der Waals surface area contributed by atoms with Crippen molar-refractivity contribution in [2.75, 3.05) is 44.7 Å². The predicted octanol–water partition coefficient (Wildman–Crippen LogP) is 2.45. The Bertz CT molecular complexity index is 776. The van der Waals surface area contributed by atoms with Crippen LogP contribution in [-0.4, -0.2) is 60.0 Å². The molecule has 2 aliphatic heterocycles. The molecule has 0 aliphatic carbocycles. The number of hydrogen-bond donors (Lipinski definition) is 2. The third kappa shape index (κ3) is 4.43. The number of ether oxygens (including phenoxy) is 1. The molecule has 3 heterocycles. The molecule has 0 spiro atoms. The first kappa shape index (κ1) is 19.1. The normalized spacial score (nSPS) is 22.0. The summed E-state index contributed by atoms with van der Waals surface area (Å²) in [6.07, 6.45) is 4.14. The highest BCUT2D eigenvalue weighted by atomic mass is 16.5. The van der Waals surface area contributed by atoms with Crippen LogP contribution >= 0.6 is 0 Å². The summed E-state index contributed by atoms with van der Waals surface area (Å²) in [5, 5.41) is 10.8. The first-order valence-corrected chi connectivity index (χ1v) is 10.2. The molecule has 2 unspecified atom stereocenters. The van der Waals surface area contributed by atoms with Crippen LogP contribution in [0.1, 0.15) is 47.9 Å². The number of rotatable bonds is 5. The summed E-state index contributed by atoms with van der Waals surface area (Å²) < 4.78 is 7.34. The van der Waals surface area contributed by atoms with Crippen molar-refractivity contribution in [2.24, 2.45) is 0 Å². The number of hydrogen-bond acceptors (Lipinski definition) is 5. The van der Waals surface area contributed by atoms with E-state index in [1.807, 2.05) is 23.0 Å². The number of nitrogens with one attached hydrogen (secondary N) is 2. The lowest BCUT2D eigenvalue weighted by molar-refractivity contribution is 0.0198. The van der Waals surface area contributed by atoms with Crippen molar-refractivity contribution in [1.29, 1.82) is 0 Å². The lowest BCUT2D eigenvalue weighted by Gasteiger charge is -2.32. The van der Waals surface area contributed by atoms with Gasteiger partial charge < -0.3 is 15.4 Å². The van der Waals surface area contributed by atoms with E-state index in [0.717, 1.165) is 57.9 Å². The first-order valence-electron chi connectivity index (χ1n) is 10.2. The molecule has 4 rings (SSSR count). The molecule has 7 heteroatoms. The molecule has 2 aromatic rings. The predicted molar refractivity (Wildman–Crippen MR) is 109 cm³/mol. The fourth-order valence-electron chi connectivity index (χ4n) is 3.94. The number of benzene rings is 1. The SMILES string of the molecule is CC(c1ccc(NC(=O)c2ccn(C3CCCNC3)n2)cc1)N1CCOCC1. The van der Waals surface area contributed by atoms with E-state index in [1.54, 1.807) is 6.07 Å². The van der Waals surface area contributed by atoms with Crippen LogP contribution in [0, 0.1) is 0 Å². The van der Waals surface area contributed by atoms with E-state index >= 15 is 0 Å². The molecule has 0 radical (unpaired) electrons. The van der Waals surface area contributed by atoms with Gasteiger partial charge in [0.2, 0.25) is 0 Å². The minimum Gasteiger partial charge on any atom is -0.379 e. The second-order valence-electron chi connectivity index (χ2n) is 7.58. The molecule has 1 amide bonds. The average Bonchev–Trinajstić information content (AvgIpc) is 3.26. The van der Waals surface area contributed by atoms with Crippen LogP contribution in [0.2, 0.25) is 0 Å². The van der Waals surface area contributed by atoms with Crippen molar-refractivity contribution < 1.29 is 9.53 Å². The molecule has 2 aliphatic rings. The topological polar surface area (TPSA) is 71.4 Å². The Morgan fingerprint density at radius 1 is 1.25 bits per heavy atom. The Balaban J connectivity index is 1.36. The highest BCUT2D eigenvalue weighted by molar-refractivity contribution is 6.02. The van der Waals surface area contributed by atoms with E-state index in [0.29, 0.717) is 17.8 Å². The minimum absolute atomic E-state index is 0.170. The van der Waals surface area contributed by atoms with Crippen molar-refractivity contribution >= 4 is 11.6 Å². The minimum atomic E-state index is -0.170. The van der Waals surface area contributed by atoms with Gasteiger partial charge in [0.05, 0.1) is 19.3 Å². The van der Waals surface area contributed by atoms with Gasteiger partial charge in [-0.1, -0.05) is 12.1 Å². The second-order valence-corrected chi connectivity index (χ2v) is 7.58. The smallest absolute Gasteiger partial charge is 0.276 e. The van der Waals surface area contributed by atoms with Crippen LogP contribution in [0.15, 0.2) is 36.5 Å². The zero-order valence-electron chi connectivity index (χ0n) is 16.4. The first-order chi connectivity index (χ1) is 13.7. The summed E-state index contributed by atoms with van der Waals surface area (Å²) in [5.74, 6) is -0.170. The van der Waals surface area contributed by atoms with Gasteiger partial charge in [-0.15, -0.1) is 0 Å².